The van der Waals surface area contributed by atoms with Crippen molar-refractivity contribution >= 4 is 28.3 Å². The summed E-state index contributed by atoms with van der Waals surface area (Å²) in [6.45, 7) is 0. The Bertz CT molecular complexity index is 559. The van der Waals surface area contributed by atoms with Crippen molar-refractivity contribution in [3.05, 3.63) is 30.2 Å². The van der Waals surface area contributed by atoms with Crippen LogP contribution in [-0.4, -0.2) is 11.9 Å². The van der Waals surface area contributed by atoms with E-state index in [1.165, 1.54) is 23.9 Å². The van der Waals surface area contributed by atoms with Crippen molar-refractivity contribution in [2.24, 2.45) is 11.5 Å². The zero-order chi connectivity index (χ0) is 12.4. The predicted molar refractivity (Wildman–Crippen MR) is 63.7 cm³/mol. The van der Waals surface area contributed by atoms with E-state index in [-0.39, 0.29) is 5.56 Å². The summed E-state index contributed by atoms with van der Waals surface area (Å²) in [5.74, 6) is -0.625. The second-order valence-corrected chi connectivity index (χ2v) is 4.27. The van der Waals surface area contributed by atoms with E-state index < -0.39 is 11.9 Å². The van der Waals surface area contributed by atoms with Gasteiger partial charge in [0.25, 0.3) is 5.91 Å². The van der Waals surface area contributed by atoms with Gasteiger partial charge in [-0.15, -0.1) is 11.3 Å². The van der Waals surface area contributed by atoms with Gasteiger partial charge in [-0.1, -0.05) is 0 Å². The Kier molecular flexibility index (Phi) is 2.84. The molecule has 6 nitrogen and oxygen atoms in total. The maximum absolute atomic E-state index is 11.2. The molecule has 0 spiro atoms. The van der Waals surface area contributed by atoms with Gasteiger partial charge in [-0.2, -0.15) is 0 Å². The largest absolute Gasteiger partial charge is 0.472 e. The number of nitrogens with two attached hydrogens (primary N) is 2. The first-order valence-corrected chi connectivity index (χ1v) is 5.42. The van der Waals surface area contributed by atoms with E-state index in [0.29, 0.717) is 5.00 Å². The van der Waals surface area contributed by atoms with Crippen molar-refractivity contribution in [1.29, 1.82) is 0 Å². The maximum atomic E-state index is 11.2. The smallest absolute Gasteiger partial charge is 0.317 e. The molecule has 0 aromatic carbocycles. The van der Waals surface area contributed by atoms with Crippen LogP contribution in [0.2, 0.25) is 0 Å². The molecule has 17 heavy (non-hydrogen) atoms. The first-order chi connectivity index (χ1) is 8.08. The molecule has 0 radical (unpaired) electrons. The van der Waals surface area contributed by atoms with E-state index in [1.807, 2.05) is 0 Å². The SMILES string of the molecule is NC(=O)Nc1sc(-c2ccoc2)cc1C(N)=O. The van der Waals surface area contributed by atoms with Crippen molar-refractivity contribution in [2.75, 3.05) is 5.32 Å². The van der Waals surface area contributed by atoms with E-state index in [2.05, 4.69) is 5.32 Å². The number of hydrogen-bond donors (Lipinski definition) is 3. The molecule has 0 bridgehead atoms. The van der Waals surface area contributed by atoms with E-state index in [4.69, 9.17) is 15.9 Å². The van der Waals surface area contributed by atoms with E-state index >= 15 is 0 Å². The molecule has 3 amide bonds. The lowest BCUT2D eigenvalue weighted by Crippen LogP contribution is -2.21. The Labute approximate surface area is 100 Å². The van der Waals surface area contributed by atoms with Crippen LogP contribution in [0.4, 0.5) is 9.80 Å². The molecule has 0 saturated heterocycles. The number of primary amides is 2. The quantitative estimate of drug-likeness (QED) is 0.770. The third-order valence-corrected chi connectivity index (χ3v) is 3.14. The second kappa shape index (κ2) is 4.30. The fourth-order valence-electron chi connectivity index (χ4n) is 1.33. The Morgan fingerprint density at radius 2 is 2.12 bits per heavy atom. The number of hydrogen-bond acceptors (Lipinski definition) is 4. The molecule has 0 aliphatic heterocycles. The lowest BCUT2D eigenvalue weighted by molar-refractivity contribution is 0.100. The van der Waals surface area contributed by atoms with Gasteiger partial charge in [0, 0.05) is 10.4 Å². The molecule has 0 saturated carbocycles. The number of furan rings is 1. The zero-order valence-electron chi connectivity index (χ0n) is 8.60. The number of rotatable bonds is 3. The topological polar surface area (TPSA) is 111 Å². The van der Waals surface area contributed by atoms with Gasteiger partial charge in [0.2, 0.25) is 0 Å². The van der Waals surface area contributed by atoms with Crippen molar-refractivity contribution in [1.82, 2.24) is 0 Å². The highest BCUT2D eigenvalue weighted by molar-refractivity contribution is 7.20. The fourth-order valence-corrected chi connectivity index (χ4v) is 2.38. The van der Waals surface area contributed by atoms with Crippen molar-refractivity contribution in [2.45, 2.75) is 0 Å². The van der Waals surface area contributed by atoms with Crippen LogP contribution >= 0.6 is 11.3 Å². The highest BCUT2D eigenvalue weighted by atomic mass is 32.1. The Balaban J connectivity index is 2.44. The molecule has 5 N–H and O–H groups in total. The van der Waals surface area contributed by atoms with Crippen LogP contribution in [0.15, 0.2) is 29.1 Å². The average Bonchev–Trinajstić information content (AvgIpc) is 2.82. The number of nitrogens with one attached hydrogen (secondary N) is 1. The van der Waals surface area contributed by atoms with Crippen LogP contribution in [0, 0.1) is 0 Å². The number of anilines is 1. The van der Waals surface area contributed by atoms with Gasteiger partial charge < -0.3 is 15.9 Å². The molecule has 2 rings (SSSR count). The van der Waals surface area contributed by atoms with Crippen LogP contribution in [0.1, 0.15) is 10.4 Å². The van der Waals surface area contributed by atoms with Crippen molar-refractivity contribution in [3.8, 4) is 10.4 Å². The lowest BCUT2D eigenvalue weighted by atomic mass is 10.2. The number of thiophene rings is 1. The molecule has 0 unspecified atom stereocenters. The summed E-state index contributed by atoms with van der Waals surface area (Å²) in [6, 6.07) is 2.58. The highest BCUT2D eigenvalue weighted by Gasteiger charge is 2.16. The minimum absolute atomic E-state index is 0.227. The first kappa shape index (κ1) is 11.2. The standard InChI is InChI=1S/C10H9N3O3S/c11-8(14)6-3-7(5-1-2-16-4-5)17-9(6)13-10(12)15/h1-4H,(H2,11,14)(H3,12,13,15). The molecular formula is C10H9N3O3S. The zero-order valence-corrected chi connectivity index (χ0v) is 9.41. The number of amides is 3. The monoisotopic (exact) mass is 251 g/mol. The third kappa shape index (κ3) is 2.28. The molecule has 0 atom stereocenters. The summed E-state index contributed by atoms with van der Waals surface area (Å²) in [5, 5.41) is 2.70. The maximum Gasteiger partial charge on any atom is 0.317 e. The summed E-state index contributed by atoms with van der Waals surface area (Å²) in [7, 11) is 0. The summed E-state index contributed by atoms with van der Waals surface area (Å²) >= 11 is 1.20. The normalized spacial score (nSPS) is 10.1. The molecule has 7 heteroatoms. The van der Waals surface area contributed by atoms with Gasteiger partial charge in [-0.05, 0) is 12.1 Å². The molecule has 2 aromatic rings. The van der Waals surface area contributed by atoms with Crippen molar-refractivity contribution in [3.63, 3.8) is 0 Å². The first-order valence-electron chi connectivity index (χ1n) is 4.60. The van der Waals surface area contributed by atoms with Gasteiger partial charge in [-0.3, -0.25) is 10.1 Å². The molecule has 0 aliphatic rings. The highest BCUT2D eigenvalue weighted by Crippen LogP contribution is 2.35. The Morgan fingerprint density at radius 1 is 1.35 bits per heavy atom. The molecular weight excluding hydrogens is 242 g/mol. The summed E-state index contributed by atoms with van der Waals surface area (Å²) in [6.07, 6.45) is 3.05. The van der Waals surface area contributed by atoms with Gasteiger partial charge in [0.05, 0.1) is 18.1 Å². The average molecular weight is 251 g/mol. The van der Waals surface area contributed by atoms with E-state index in [9.17, 15) is 9.59 Å². The van der Waals surface area contributed by atoms with E-state index in [1.54, 1.807) is 12.1 Å². The summed E-state index contributed by atoms with van der Waals surface area (Å²) < 4.78 is 4.94. The van der Waals surface area contributed by atoms with Crippen LogP contribution < -0.4 is 16.8 Å². The molecule has 0 aliphatic carbocycles. The van der Waals surface area contributed by atoms with Gasteiger partial charge in [0.1, 0.15) is 5.00 Å². The van der Waals surface area contributed by atoms with Gasteiger partial charge in [-0.25, -0.2) is 4.79 Å². The molecule has 2 heterocycles. The van der Waals surface area contributed by atoms with E-state index in [0.717, 1.165) is 10.4 Å². The third-order valence-electron chi connectivity index (χ3n) is 2.04. The van der Waals surface area contributed by atoms with Crippen LogP contribution in [0.25, 0.3) is 10.4 Å². The number of carbonyl (C=O) groups excluding carboxylic acids is 2. The van der Waals surface area contributed by atoms with Crippen LogP contribution in [-0.2, 0) is 0 Å². The van der Waals surface area contributed by atoms with Gasteiger partial charge >= 0.3 is 6.03 Å². The van der Waals surface area contributed by atoms with Crippen molar-refractivity contribution < 1.29 is 14.0 Å². The number of urea groups is 1. The van der Waals surface area contributed by atoms with Crippen LogP contribution in [0.3, 0.4) is 0 Å². The number of carbonyl (C=O) groups is 2. The Hall–Kier alpha value is -2.28. The fraction of sp³-hybridized carbons (Fsp3) is 0. The summed E-state index contributed by atoms with van der Waals surface area (Å²) in [5.41, 5.74) is 11.2. The summed E-state index contributed by atoms with van der Waals surface area (Å²) in [4.78, 5) is 22.7. The lowest BCUT2D eigenvalue weighted by Gasteiger charge is -1.98. The predicted octanol–water partition coefficient (Wildman–Crippen LogP) is 1.60. The molecule has 0 fully saturated rings. The minimum Gasteiger partial charge on any atom is -0.472 e. The minimum atomic E-state index is -0.743. The Morgan fingerprint density at radius 3 is 2.65 bits per heavy atom. The molecule has 2 aromatic heterocycles. The molecule has 88 valence electrons. The van der Waals surface area contributed by atoms with Crippen LogP contribution in [0.5, 0.6) is 0 Å². The van der Waals surface area contributed by atoms with Gasteiger partial charge in [0.15, 0.2) is 0 Å². The second-order valence-electron chi connectivity index (χ2n) is 3.22.